The van der Waals surface area contributed by atoms with Crippen molar-refractivity contribution >= 4 is 17.9 Å². The molecule has 7 N–H and O–H groups in total. The Kier molecular flexibility index (Phi) is 6.71. The van der Waals surface area contributed by atoms with E-state index < -0.39 is 24.9 Å². The molecule has 0 radical (unpaired) electrons. The summed E-state index contributed by atoms with van der Waals surface area (Å²) < 4.78 is 36.8. The molecule has 150 valence electrons. The van der Waals surface area contributed by atoms with Gasteiger partial charge in [0.2, 0.25) is 5.95 Å². The van der Waals surface area contributed by atoms with Gasteiger partial charge in [-0.3, -0.25) is 0 Å². The molecule has 1 aromatic carbocycles. The fourth-order valence-electron chi connectivity index (χ4n) is 2.07. The molecule has 0 spiro atoms. The molecule has 0 fully saturated rings. The Bertz CT molecular complexity index is 837. The molecule has 0 saturated heterocycles. The number of amides is 2. The third-order valence-electron chi connectivity index (χ3n) is 3.42. The number of aliphatic hydroxyl groups excluding tert-OH is 1. The van der Waals surface area contributed by atoms with Gasteiger partial charge in [-0.1, -0.05) is 18.2 Å². The number of alkyl halides is 3. The zero-order chi connectivity index (χ0) is 20.7. The van der Waals surface area contributed by atoms with Gasteiger partial charge in [0.1, 0.15) is 0 Å². The number of halogens is 3. The van der Waals surface area contributed by atoms with Gasteiger partial charge < -0.3 is 27.2 Å². The van der Waals surface area contributed by atoms with Gasteiger partial charge >= 0.3 is 12.2 Å². The number of aromatic nitrogens is 2. The molecule has 0 saturated carbocycles. The maximum Gasteiger partial charge on any atom is 0.416 e. The number of nitrogens with one attached hydrogen (secondary N) is 2. The minimum atomic E-state index is -4.72. The molecule has 0 aliphatic heterocycles. The second-order valence-corrected chi connectivity index (χ2v) is 5.63. The number of guanidine groups is 1. The van der Waals surface area contributed by atoms with Crippen LogP contribution in [0.5, 0.6) is 0 Å². The first-order valence-electron chi connectivity index (χ1n) is 7.92. The highest BCUT2D eigenvalue weighted by atomic mass is 19.4. The van der Waals surface area contributed by atoms with Gasteiger partial charge in [0.15, 0.2) is 12.1 Å². The molecular formula is C16H18F3N7O2. The number of hydrogen-bond donors (Lipinski definition) is 5. The average Bonchev–Trinajstić information content (AvgIpc) is 2.64. The van der Waals surface area contributed by atoms with Crippen molar-refractivity contribution in [3.05, 3.63) is 42.2 Å². The molecule has 12 heteroatoms. The van der Waals surface area contributed by atoms with E-state index in [0.29, 0.717) is 5.56 Å². The van der Waals surface area contributed by atoms with Gasteiger partial charge in [0.05, 0.1) is 6.54 Å². The fraction of sp³-hybridized carbons (Fsp3) is 0.250. The first-order valence-corrected chi connectivity index (χ1v) is 7.92. The molecule has 1 aromatic heterocycles. The number of aliphatic hydroxyl groups is 1. The van der Waals surface area contributed by atoms with Crippen molar-refractivity contribution in [1.82, 2.24) is 15.3 Å². The first kappa shape index (κ1) is 20.9. The van der Waals surface area contributed by atoms with Crippen LogP contribution in [-0.4, -0.2) is 45.9 Å². The number of carbonyl (C=O) groups is 1. The molecule has 28 heavy (non-hydrogen) atoms. The second-order valence-electron chi connectivity index (χ2n) is 5.63. The van der Waals surface area contributed by atoms with Crippen molar-refractivity contribution in [1.29, 1.82) is 0 Å². The molecule has 1 heterocycles. The summed E-state index contributed by atoms with van der Waals surface area (Å²) in [7, 11) is 0. The quantitative estimate of drug-likeness (QED) is 0.360. The van der Waals surface area contributed by atoms with Gasteiger partial charge in [-0.05, 0) is 17.2 Å². The van der Waals surface area contributed by atoms with Gasteiger partial charge in [-0.25, -0.2) is 14.8 Å². The van der Waals surface area contributed by atoms with Crippen molar-refractivity contribution in [3.63, 3.8) is 0 Å². The number of benzene rings is 1. The van der Waals surface area contributed by atoms with Crippen LogP contribution in [0.2, 0.25) is 0 Å². The van der Waals surface area contributed by atoms with E-state index in [0.717, 1.165) is 11.1 Å². The maximum atomic E-state index is 12.3. The molecular weight excluding hydrogens is 379 g/mol. The van der Waals surface area contributed by atoms with E-state index in [1.165, 1.54) is 12.4 Å². The lowest BCUT2D eigenvalue weighted by Crippen LogP contribution is -2.35. The molecule has 2 aromatic rings. The SMILES string of the molecule is NC(N)=NC(=O)NCc1cccc(-c2cnc(NC[C@H](O)C(F)(F)F)nc2)c1. The van der Waals surface area contributed by atoms with Crippen molar-refractivity contribution in [2.24, 2.45) is 16.5 Å². The third-order valence-corrected chi connectivity index (χ3v) is 3.42. The first-order chi connectivity index (χ1) is 13.1. The van der Waals surface area contributed by atoms with E-state index in [1.54, 1.807) is 24.3 Å². The van der Waals surface area contributed by atoms with E-state index >= 15 is 0 Å². The van der Waals surface area contributed by atoms with Gasteiger partial charge in [0.25, 0.3) is 0 Å². The van der Waals surface area contributed by atoms with Crippen LogP contribution in [0.3, 0.4) is 0 Å². The number of rotatable bonds is 6. The number of aliphatic imine (C=N–C) groups is 1. The minimum Gasteiger partial charge on any atom is -0.382 e. The van der Waals surface area contributed by atoms with Gasteiger partial charge in [-0.15, -0.1) is 0 Å². The summed E-state index contributed by atoms with van der Waals surface area (Å²) in [5.74, 6) is -0.396. The van der Waals surface area contributed by atoms with E-state index in [2.05, 4.69) is 25.6 Å². The van der Waals surface area contributed by atoms with E-state index in [4.69, 9.17) is 16.6 Å². The number of urea groups is 1. The Labute approximate surface area is 157 Å². The van der Waals surface area contributed by atoms with E-state index in [1.807, 2.05) is 0 Å². The number of nitrogens with zero attached hydrogens (tertiary/aromatic N) is 3. The zero-order valence-electron chi connectivity index (χ0n) is 14.4. The van der Waals surface area contributed by atoms with Crippen LogP contribution in [0.1, 0.15) is 5.56 Å². The van der Waals surface area contributed by atoms with Gasteiger partial charge in [0, 0.05) is 24.5 Å². The maximum absolute atomic E-state index is 12.3. The number of anilines is 1. The summed E-state index contributed by atoms with van der Waals surface area (Å²) in [5, 5.41) is 13.8. The fourth-order valence-corrected chi connectivity index (χ4v) is 2.07. The Morgan fingerprint density at radius 2 is 1.89 bits per heavy atom. The van der Waals surface area contributed by atoms with Crippen molar-refractivity contribution in [3.8, 4) is 11.1 Å². The van der Waals surface area contributed by atoms with Crippen LogP contribution in [-0.2, 0) is 6.54 Å². The Morgan fingerprint density at radius 3 is 2.50 bits per heavy atom. The molecule has 2 rings (SSSR count). The smallest absolute Gasteiger partial charge is 0.382 e. The van der Waals surface area contributed by atoms with E-state index in [9.17, 15) is 18.0 Å². The zero-order valence-corrected chi connectivity index (χ0v) is 14.4. The summed E-state index contributed by atoms with van der Waals surface area (Å²) in [6.07, 6.45) is -4.38. The molecule has 0 bridgehead atoms. The molecule has 0 aliphatic rings. The summed E-state index contributed by atoms with van der Waals surface area (Å²) in [5.41, 5.74) is 12.3. The predicted octanol–water partition coefficient (Wildman–Crippen LogP) is 0.962. The highest BCUT2D eigenvalue weighted by Crippen LogP contribution is 2.21. The summed E-state index contributed by atoms with van der Waals surface area (Å²) >= 11 is 0. The lowest BCUT2D eigenvalue weighted by atomic mass is 10.1. The number of hydrogen-bond acceptors (Lipinski definition) is 5. The summed E-state index contributed by atoms with van der Waals surface area (Å²) in [4.78, 5) is 22.6. The standard InChI is InChI=1S/C16H18F3N7O2/c17-16(18,19)12(27)8-24-14-22-6-11(7-23-14)10-3-1-2-9(4-10)5-25-15(28)26-13(20)21/h1-4,6-7,12,27H,5,8H2,(H,22,23,24)(H5,20,21,25,26,28)/t12-/m0/s1. The van der Waals surface area contributed by atoms with Crippen molar-refractivity contribution in [2.45, 2.75) is 18.8 Å². The molecule has 2 amide bonds. The molecule has 0 aliphatic carbocycles. The van der Waals surface area contributed by atoms with Crippen molar-refractivity contribution in [2.75, 3.05) is 11.9 Å². The monoisotopic (exact) mass is 397 g/mol. The Hall–Kier alpha value is -3.41. The molecule has 1 atom stereocenters. The lowest BCUT2D eigenvalue weighted by Gasteiger charge is -2.14. The predicted molar refractivity (Wildman–Crippen MR) is 96.1 cm³/mol. The highest BCUT2D eigenvalue weighted by molar-refractivity contribution is 5.90. The second kappa shape index (κ2) is 8.99. The minimum absolute atomic E-state index is 0.0484. The summed E-state index contributed by atoms with van der Waals surface area (Å²) in [6.45, 7) is -0.576. The van der Waals surface area contributed by atoms with E-state index in [-0.39, 0.29) is 18.5 Å². The van der Waals surface area contributed by atoms with Crippen molar-refractivity contribution < 1.29 is 23.1 Å². The lowest BCUT2D eigenvalue weighted by molar-refractivity contribution is -0.198. The Morgan fingerprint density at radius 1 is 1.21 bits per heavy atom. The van der Waals surface area contributed by atoms with Crippen LogP contribution >= 0.6 is 0 Å². The largest absolute Gasteiger partial charge is 0.416 e. The Balaban J connectivity index is 2.00. The van der Waals surface area contributed by atoms with Crippen LogP contribution in [0.15, 0.2) is 41.7 Å². The van der Waals surface area contributed by atoms with Crippen LogP contribution in [0, 0.1) is 0 Å². The number of nitrogens with two attached hydrogens (primary N) is 2. The molecule has 0 unspecified atom stereocenters. The van der Waals surface area contributed by atoms with Crippen LogP contribution in [0.25, 0.3) is 11.1 Å². The van der Waals surface area contributed by atoms with Crippen LogP contribution < -0.4 is 22.1 Å². The highest BCUT2D eigenvalue weighted by Gasteiger charge is 2.37. The number of carbonyl (C=O) groups excluding carboxylic acids is 1. The van der Waals surface area contributed by atoms with Crippen LogP contribution in [0.4, 0.5) is 23.9 Å². The molecule has 9 nitrogen and oxygen atoms in total. The third kappa shape index (κ3) is 6.39. The van der Waals surface area contributed by atoms with Gasteiger partial charge in [-0.2, -0.15) is 18.2 Å². The topological polar surface area (TPSA) is 152 Å². The summed E-state index contributed by atoms with van der Waals surface area (Å²) in [6, 6.07) is 6.40. The normalized spacial score (nSPS) is 12.1. The average molecular weight is 397 g/mol.